The minimum atomic E-state index is -4.98. The summed E-state index contributed by atoms with van der Waals surface area (Å²) in [6.07, 6.45) is -1.96. The van der Waals surface area contributed by atoms with Gasteiger partial charge >= 0.3 is 16.3 Å². The van der Waals surface area contributed by atoms with Crippen LogP contribution in [0.15, 0.2) is 44.8 Å². The Bertz CT molecular complexity index is 1900. The molecule has 4 aliphatic heterocycles. The molecule has 16 N–H and O–H groups in total. The first-order valence-corrected chi connectivity index (χ1v) is 15.8. The average Bonchev–Trinajstić information content (AvgIpc) is 3.72. The molecule has 24 nitrogen and oxygen atoms in total. The first-order valence-electron chi connectivity index (χ1n) is 12.8. The number of H-pyrrole nitrogens is 1. The number of imidazole rings is 1. The number of nitrogens with zero attached hydrogens (tertiary/aromatic N) is 4. The molecule has 3 aromatic heterocycles. The van der Waals surface area contributed by atoms with Crippen LogP contribution in [0.25, 0.3) is 17.0 Å². The van der Waals surface area contributed by atoms with E-state index in [9.17, 15) is 34.6 Å². The van der Waals surface area contributed by atoms with Gasteiger partial charge in [0.15, 0.2) is 41.7 Å². The molecular weight excluding hydrogens is 664 g/mol. The van der Waals surface area contributed by atoms with Crippen molar-refractivity contribution in [3.63, 3.8) is 0 Å². The maximum atomic E-state index is 12.3. The van der Waals surface area contributed by atoms with Gasteiger partial charge in [0.05, 0.1) is 12.4 Å². The van der Waals surface area contributed by atoms with Crippen molar-refractivity contribution in [3.8, 4) is 11.5 Å². The lowest BCUT2D eigenvalue weighted by Gasteiger charge is -2.32. The molecule has 0 radical (unpaired) electrons. The lowest BCUT2D eigenvalue weighted by atomic mass is 10.3. The smallest absolute Gasteiger partial charge is 0.500 e. The zero-order valence-corrected chi connectivity index (χ0v) is 24.5. The predicted octanol–water partition coefficient (Wildman–Crippen LogP) is -3.42. The average molecular weight is 689 g/mol. The number of hydrogen-bond donors (Lipinski definition) is 13. The lowest BCUT2D eigenvalue weighted by molar-refractivity contribution is 0.102. The number of nitrogens with two attached hydrogens (primary N) is 3. The molecule has 0 aliphatic carbocycles. The van der Waals surface area contributed by atoms with Gasteiger partial charge in [-0.3, -0.25) is 29.9 Å². The Morgan fingerprint density at radius 3 is 2.70 bits per heavy atom. The van der Waals surface area contributed by atoms with E-state index in [1.165, 1.54) is 4.90 Å². The van der Waals surface area contributed by atoms with Gasteiger partial charge < -0.3 is 46.4 Å². The second-order valence-electron chi connectivity index (χ2n) is 9.81. The van der Waals surface area contributed by atoms with E-state index in [2.05, 4.69) is 30.9 Å². The number of hydrogen-bond acceptors (Lipinski definition) is 22. The van der Waals surface area contributed by atoms with Crippen LogP contribution in [0.3, 0.4) is 0 Å². The van der Waals surface area contributed by atoms with Gasteiger partial charge in [0.2, 0.25) is 17.6 Å². The van der Waals surface area contributed by atoms with E-state index < -0.39 is 81.7 Å². The molecule has 3 atom stereocenters. The van der Waals surface area contributed by atoms with Crippen molar-refractivity contribution in [2.75, 3.05) is 17.3 Å². The summed E-state index contributed by atoms with van der Waals surface area (Å²) >= 11 is 0. The highest BCUT2D eigenvalue weighted by molar-refractivity contribution is 7.55. The Morgan fingerprint density at radius 1 is 1.13 bits per heavy atom. The van der Waals surface area contributed by atoms with Crippen LogP contribution >= 0.6 is 16.3 Å². The quantitative estimate of drug-likeness (QED) is 0.116. The maximum Gasteiger partial charge on any atom is 0.663 e. The topological polar surface area (TPSA) is 362 Å². The largest absolute Gasteiger partial charge is 0.663 e. The lowest BCUT2D eigenvalue weighted by Crippen LogP contribution is -2.61. The summed E-state index contributed by atoms with van der Waals surface area (Å²) in [4.78, 5) is 66.6. The molecule has 4 aliphatic rings. The van der Waals surface area contributed by atoms with Gasteiger partial charge in [-0.1, -0.05) is 0 Å². The highest BCUT2D eigenvalue weighted by Gasteiger charge is 2.53. The number of furan rings is 1. The second-order valence-corrected chi connectivity index (χ2v) is 12.6. The first-order chi connectivity index (χ1) is 21.7. The zero-order chi connectivity index (χ0) is 32.7. The van der Waals surface area contributed by atoms with Crippen LogP contribution in [0.1, 0.15) is 5.76 Å². The fourth-order valence-corrected chi connectivity index (χ4v) is 6.33. The summed E-state index contributed by atoms with van der Waals surface area (Å²) in [5.41, 5.74) is 16.9. The summed E-state index contributed by atoms with van der Waals surface area (Å²) in [6, 6.07) is 0. The number of ether oxygens (including phenoxy) is 1. The molecule has 46 heavy (non-hydrogen) atoms. The molecule has 2 bridgehead atoms. The third-order valence-electron chi connectivity index (χ3n) is 6.80. The molecule has 0 spiro atoms. The Morgan fingerprint density at radius 2 is 1.91 bits per heavy atom. The van der Waals surface area contributed by atoms with Crippen LogP contribution < -0.4 is 48.1 Å². The van der Waals surface area contributed by atoms with Gasteiger partial charge in [0, 0.05) is 0 Å². The van der Waals surface area contributed by atoms with Crippen LogP contribution in [-0.4, -0.2) is 74.5 Å². The van der Waals surface area contributed by atoms with Crippen molar-refractivity contribution in [1.82, 2.24) is 35.5 Å². The standard InChI is InChI=1S/C20H23N11O13P2/c21-13-7-14(27-19(22)26-13)30(3-24-7)17-10(33)11-6(42-17)2-40-46(37,38)44-12-9(32)5(1-39-45(35,36)43-11)41-18(12)31-4-25-8-15(31)28-20(23)29-16(8)34/h1,4,9,14,19,24,26-27,32,35-38H,2-3,21-22H2,(H2-2,23,28,29,33,34)/p+2/b5-1+/t9-,14?,19?/m1/s1. The van der Waals surface area contributed by atoms with Crippen LogP contribution in [0.5, 0.6) is 11.5 Å². The van der Waals surface area contributed by atoms with Crippen LogP contribution in [0, 0.1) is 0 Å². The Labute approximate surface area is 255 Å². The number of fused-ring (bicyclic) bond motifs is 5. The summed E-state index contributed by atoms with van der Waals surface area (Å²) in [5.74, 6) is -4.16. The third kappa shape index (κ3) is 5.03. The number of rotatable bonds is 2. The number of aliphatic hydroxyl groups is 1. The van der Waals surface area contributed by atoms with E-state index in [1.54, 1.807) is 0 Å². The fraction of sp³-hybridized carbons (Fsp3) is 0.250. The molecule has 0 aromatic carbocycles. The van der Waals surface area contributed by atoms with Gasteiger partial charge in [-0.15, -0.1) is 4.52 Å². The number of anilines is 2. The molecule has 7 rings (SSSR count). The summed E-state index contributed by atoms with van der Waals surface area (Å²) in [6.45, 7) is -0.915. The molecular formula is C20H25N11O13P2+2. The Hall–Kier alpha value is -4.61. The van der Waals surface area contributed by atoms with E-state index in [0.29, 0.717) is 12.0 Å². The van der Waals surface area contributed by atoms with Crippen molar-refractivity contribution in [3.05, 3.63) is 51.7 Å². The maximum absolute atomic E-state index is 12.3. The van der Waals surface area contributed by atoms with E-state index in [1.807, 2.05) is 0 Å². The number of nitrogen functional groups attached to an aromatic ring is 1. The molecule has 2 unspecified atom stereocenters. The number of aromatic amines is 1. The van der Waals surface area contributed by atoms with Gasteiger partial charge in [-0.25, -0.2) is 14.1 Å². The summed E-state index contributed by atoms with van der Waals surface area (Å²) in [5, 5.41) is 30.8. The van der Waals surface area contributed by atoms with Crippen molar-refractivity contribution < 1.29 is 57.0 Å². The van der Waals surface area contributed by atoms with Crippen molar-refractivity contribution >= 4 is 45.2 Å². The molecule has 0 amide bonds. The van der Waals surface area contributed by atoms with Gasteiger partial charge in [-0.05, 0) is 0 Å². The Balaban J connectivity index is 1.27. The molecule has 26 heteroatoms. The number of aliphatic hydroxyl groups excluding tert-OH is 1. The van der Waals surface area contributed by atoms with E-state index in [4.69, 9.17) is 44.5 Å². The van der Waals surface area contributed by atoms with Gasteiger partial charge in [0.1, 0.15) is 24.6 Å². The second kappa shape index (κ2) is 10.5. The van der Waals surface area contributed by atoms with Crippen molar-refractivity contribution in [2.24, 2.45) is 11.5 Å². The van der Waals surface area contributed by atoms with Gasteiger partial charge in [0.25, 0.3) is 23.0 Å². The van der Waals surface area contributed by atoms with Crippen LogP contribution in [0.4, 0.5) is 11.8 Å². The molecule has 3 aromatic rings. The number of aromatic hydroxyl groups is 1. The Kier molecular flexibility index (Phi) is 6.84. The number of nitrogens with one attached hydrogen (secondary N) is 4. The van der Waals surface area contributed by atoms with Crippen molar-refractivity contribution in [1.29, 1.82) is 0 Å². The van der Waals surface area contributed by atoms with E-state index >= 15 is 0 Å². The predicted molar refractivity (Wildman–Crippen MR) is 151 cm³/mol. The third-order valence-corrected chi connectivity index (χ3v) is 8.50. The van der Waals surface area contributed by atoms with Crippen LogP contribution in [-0.2, 0) is 24.9 Å². The number of aromatic nitrogens is 4. The summed E-state index contributed by atoms with van der Waals surface area (Å²) in [7, 11) is -9.95. The zero-order valence-electron chi connectivity index (χ0n) is 22.8. The minimum Gasteiger partial charge on any atom is -0.500 e. The van der Waals surface area contributed by atoms with Crippen molar-refractivity contribution in [2.45, 2.75) is 25.2 Å². The minimum absolute atomic E-state index is 0.00551. The fourth-order valence-electron chi connectivity index (χ4n) is 4.84. The molecule has 0 saturated carbocycles. The molecule has 1 saturated heterocycles. The monoisotopic (exact) mass is 689 g/mol. The molecule has 1 fully saturated rings. The SMILES string of the molecule is NC1=C2NCN(c3oc4c(c3O)O[P+](O)(O)O/C=C3/OC(n5cnc6c(=O)[nH]c(N)nc65)=C(O[P+](O)(O)OC4)[C@@H]3O)C2NC(N)N1. The molecule has 7 heterocycles. The van der Waals surface area contributed by atoms with E-state index in [-0.39, 0.29) is 35.5 Å². The summed E-state index contributed by atoms with van der Waals surface area (Å²) < 4.78 is 33.0. The van der Waals surface area contributed by atoms with E-state index in [0.717, 1.165) is 10.9 Å². The first kappa shape index (κ1) is 30.1. The molecule has 246 valence electrons. The van der Waals surface area contributed by atoms with Crippen LogP contribution in [0.2, 0.25) is 0 Å². The van der Waals surface area contributed by atoms with Gasteiger partial charge in [-0.2, -0.15) is 24.6 Å². The normalized spacial score (nSPS) is 26.5. The highest BCUT2D eigenvalue weighted by atomic mass is 31.2. The highest BCUT2D eigenvalue weighted by Crippen LogP contribution is 2.61.